The monoisotopic (exact) mass is 414 g/mol. The van der Waals surface area contributed by atoms with Gasteiger partial charge in [0.25, 0.3) is 5.56 Å². The summed E-state index contributed by atoms with van der Waals surface area (Å²) in [5, 5.41) is 1.88. The van der Waals surface area contributed by atoms with E-state index in [1.807, 2.05) is 35.2 Å². The van der Waals surface area contributed by atoms with Gasteiger partial charge in [0.05, 0.1) is 10.9 Å². The van der Waals surface area contributed by atoms with Gasteiger partial charge in [0.2, 0.25) is 5.91 Å². The van der Waals surface area contributed by atoms with Crippen molar-refractivity contribution in [3.63, 3.8) is 0 Å². The number of benzene rings is 2. The first-order valence-corrected chi connectivity index (χ1v) is 10.9. The van der Waals surface area contributed by atoms with Gasteiger partial charge in [-0.1, -0.05) is 30.3 Å². The predicted octanol–water partition coefficient (Wildman–Crippen LogP) is 3.44. The second-order valence-corrected chi connectivity index (χ2v) is 8.26. The summed E-state index contributed by atoms with van der Waals surface area (Å²) in [5.41, 5.74) is 4.37. The zero-order chi connectivity index (χ0) is 21.5. The topological polar surface area (TPSA) is 60.1 Å². The summed E-state index contributed by atoms with van der Waals surface area (Å²) in [6.45, 7) is 6.53. The molecule has 0 radical (unpaired) electrons. The number of rotatable bonds is 3. The standard InChI is InChI=1S/C25H26N4O2/c1-17-18(2)28(22-10-6-4-7-19(17)22)14-12-24(30)27-13-11-23-26-21-9-5-3-8-20(21)25(31)29(23)16-15-27/h3-10H,11-16H2,1-2H3. The molecule has 0 atom stereocenters. The Labute approximate surface area is 180 Å². The first kappa shape index (κ1) is 19.5. The highest BCUT2D eigenvalue weighted by Gasteiger charge is 2.21. The van der Waals surface area contributed by atoms with Crippen LogP contribution in [0.15, 0.2) is 53.3 Å². The number of aromatic nitrogens is 3. The number of aryl methyl sites for hydroxylation is 2. The number of hydrogen-bond acceptors (Lipinski definition) is 3. The molecule has 0 N–H and O–H groups in total. The maximum atomic E-state index is 13.1. The number of fused-ring (bicyclic) bond motifs is 3. The lowest BCUT2D eigenvalue weighted by molar-refractivity contribution is -0.131. The average Bonchev–Trinajstić information content (AvgIpc) is 2.93. The lowest BCUT2D eigenvalue weighted by Gasteiger charge is -2.20. The maximum absolute atomic E-state index is 13.1. The second kappa shape index (κ2) is 7.69. The third-order valence-electron chi connectivity index (χ3n) is 6.59. The first-order chi connectivity index (χ1) is 15.0. The van der Waals surface area contributed by atoms with Crippen molar-refractivity contribution < 1.29 is 4.79 Å². The third-order valence-corrected chi connectivity index (χ3v) is 6.59. The van der Waals surface area contributed by atoms with Crippen LogP contribution in [0.25, 0.3) is 21.8 Å². The van der Waals surface area contributed by atoms with Crippen LogP contribution in [0.3, 0.4) is 0 Å². The molecule has 0 saturated carbocycles. The fraction of sp³-hybridized carbons (Fsp3) is 0.320. The highest BCUT2D eigenvalue weighted by atomic mass is 16.2. The van der Waals surface area contributed by atoms with E-state index in [0.717, 1.165) is 11.3 Å². The van der Waals surface area contributed by atoms with E-state index in [-0.39, 0.29) is 11.5 Å². The molecular formula is C25H26N4O2. The average molecular weight is 415 g/mol. The molecule has 1 aliphatic heterocycles. The van der Waals surface area contributed by atoms with Crippen molar-refractivity contribution >= 4 is 27.7 Å². The van der Waals surface area contributed by atoms with Crippen LogP contribution in [-0.2, 0) is 24.3 Å². The van der Waals surface area contributed by atoms with Gasteiger partial charge >= 0.3 is 0 Å². The Hall–Kier alpha value is -3.41. The Morgan fingerprint density at radius 1 is 0.968 bits per heavy atom. The van der Waals surface area contributed by atoms with E-state index < -0.39 is 0 Å². The lowest BCUT2D eigenvalue weighted by atomic mass is 10.2. The van der Waals surface area contributed by atoms with E-state index in [1.165, 1.54) is 22.2 Å². The van der Waals surface area contributed by atoms with E-state index in [2.05, 4.69) is 36.6 Å². The summed E-state index contributed by atoms with van der Waals surface area (Å²) in [5.74, 6) is 0.891. The van der Waals surface area contributed by atoms with Crippen LogP contribution in [0.5, 0.6) is 0 Å². The zero-order valence-electron chi connectivity index (χ0n) is 18.0. The van der Waals surface area contributed by atoms with Crippen molar-refractivity contribution in [3.8, 4) is 0 Å². The fourth-order valence-electron chi connectivity index (χ4n) is 4.71. The van der Waals surface area contributed by atoms with Gasteiger partial charge in [-0.2, -0.15) is 0 Å². The highest BCUT2D eigenvalue weighted by Crippen LogP contribution is 2.25. The Kier molecular flexibility index (Phi) is 4.85. The minimum Gasteiger partial charge on any atom is -0.344 e. The highest BCUT2D eigenvalue weighted by molar-refractivity contribution is 5.85. The van der Waals surface area contributed by atoms with Crippen molar-refractivity contribution in [1.29, 1.82) is 0 Å². The third kappa shape index (κ3) is 3.32. The van der Waals surface area contributed by atoms with Crippen LogP contribution in [0.2, 0.25) is 0 Å². The summed E-state index contributed by atoms with van der Waals surface area (Å²) < 4.78 is 3.98. The quantitative estimate of drug-likeness (QED) is 0.516. The van der Waals surface area contributed by atoms with Crippen molar-refractivity contribution in [1.82, 2.24) is 19.0 Å². The number of amides is 1. The number of carbonyl (C=O) groups is 1. The minimum absolute atomic E-state index is 0.0141. The molecule has 0 unspecified atom stereocenters. The van der Waals surface area contributed by atoms with Crippen LogP contribution in [0.4, 0.5) is 0 Å². The van der Waals surface area contributed by atoms with Gasteiger partial charge < -0.3 is 9.47 Å². The van der Waals surface area contributed by atoms with E-state index >= 15 is 0 Å². The van der Waals surface area contributed by atoms with Crippen molar-refractivity contribution in [2.45, 2.75) is 39.8 Å². The molecule has 31 heavy (non-hydrogen) atoms. The number of nitrogens with zero attached hydrogens (tertiary/aromatic N) is 4. The predicted molar refractivity (Wildman–Crippen MR) is 122 cm³/mol. The van der Waals surface area contributed by atoms with Gasteiger partial charge in [-0.05, 0) is 37.6 Å². The fourth-order valence-corrected chi connectivity index (χ4v) is 4.71. The molecule has 2 aromatic heterocycles. The normalized spacial score (nSPS) is 14.1. The minimum atomic E-state index is -0.0141. The number of para-hydroxylation sites is 2. The first-order valence-electron chi connectivity index (χ1n) is 10.9. The number of hydrogen-bond donors (Lipinski definition) is 0. The van der Waals surface area contributed by atoms with Gasteiger partial charge in [-0.25, -0.2) is 4.98 Å². The molecule has 6 nitrogen and oxygen atoms in total. The van der Waals surface area contributed by atoms with Crippen LogP contribution in [0, 0.1) is 13.8 Å². The molecule has 2 aromatic carbocycles. The zero-order valence-corrected chi connectivity index (χ0v) is 18.0. The van der Waals surface area contributed by atoms with Crippen LogP contribution < -0.4 is 5.56 Å². The van der Waals surface area contributed by atoms with E-state index in [0.29, 0.717) is 44.4 Å². The van der Waals surface area contributed by atoms with Crippen molar-refractivity contribution in [2.24, 2.45) is 0 Å². The molecule has 0 aliphatic carbocycles. The summed E-state index contributed by atoms with van der Waals surface area (Å²) in [4.78, 5) is 32.5. The lowest BCUT2D eigenvalue weighted by Crippen LogP contribution is -2.34. The summed E-state index contributed by atoms with van der Waals surface area (Å²) >= 11 is 0. The second-order valence-electron chi connectivity index (χ2n) is 8.26. The van der Waals surface area contributed by atoms with Gasteiger partial charge in [-0.15, -0.1) is 0 Å². The Morgan fingerprint density at radius 3 is 2.55 bits per heavy atom. The number of carbonyl (C=O) groups excluding carboxylic acids is 1. The van der Waals surface area contributed by atoms with E-state index in [4.69, 9.17) is 4.98 Å². The molecule has 0 bridgehead atoms. The van der Waals surface area contributed by atoms with Gasteiger partial charge in [-0.3, -0.25) is 14.2 Å². The molecular weight excluding hydrogens is 388 g/mol. The summed E-state index contributed by atoms with van der Waals surface area (Å²) in [7, 11) is 0. The van der Waals surface area contributed by atoms with E-state index in [1.54, 1.807) is 4.57 Å². The van der Waals surface area contributed by atoms with Gasteiger partial charge in [0.15, 0.2) is 0 Å². The molecule has 5 rings (SSSR count). The molecule has 158 valence electrons. The molecule has 0 fully saturated rings. The molecule has 3 heterocycles. The molecule has 6 heteroatoms. The van der Waals surface area contributed by atoms with Crippen molar-refractivity contribution in [2.75, 3.05) is 13.1 Å². The largest absolute Gasteiger partial charge is 0.344 e. The van der Waals surface area contributed by atoms with E-state index in [9.17, 15) is 9.59 Å². The van der Waals surface area contributed by atoms with Crippen molar-refractivity contribution in [3.05, 3.63) is 76.0 Å². The summed E-state index contributed by atoms with van der Waals surface area (Å²) in [6, 6.07) is 15.8. The molecule has 4 aromatic rings. The Balaban J connectivity index is 1.34. The van der Waals surface area contributed by atoms with Crippen LogP contribution in [0.1, 0.15) is 23.5 Å². The maximum Gasteiger partial charge on any atom is 0.261 e. The van der Waals surface area contributed by atoms with Crippen LogP contribution >= 0.6 is 0 Å². The molecule has 0 saturated heterocycles. The molecule has 0 spiro atoms. The Morgan fingerprint density at radius 2 is 1.71 bits per heavy atom. The smallest absolute Gasteiger partial charge is 0.261 e. The van der Waals surface area contributed by atoms with Crippen LogP contribution in [-0.4, -0.2) is 38.0 Å². The molecule has 1 aliphatic rings. The van der Waals surface area contributed by atoms with Gasteiger partial charge in [0.1, 0.15) is 5.82 Å². The Bertz CT molecular complexity index is 1370. The summed E-state index contributed by atoms with van der Waals surface area (Å²) in [6.07, 6.45) is 1.04. The van der Waals surface area contributed by atoms with Gasteiger partial charge in [0, 0.05) is 55.6 Å². The SMILES string of the molecule is Cc1c(C)n(CCC(=O)N2CCc3nc4ccccc4c(=O)n3CC2)c2ccccc12. The molecule has 1 amide bonds.